The molecule has 2 aromatic rings. The summed E-state index contributed by atoms with van der Waals surface area (Å²) in [5, 5.41) is 21.4. The zero-order valence-corrected chi connectivity index (χ0v) is 27.0. The van der Waals surface area contributed by atoms with Gasteiger partial charge in [0.15, 0.2) is 11.7 Å². The number of nitriles is 2. The van der Waals surface area contributed by atoms with Gasteiger partial charge in [-0.15, -0.1) is 0 Å². The minimum Gasteiger partial charge on any atom is -0.476 e. The topological polar surface area (TPSA) is 108 Å². The first kappa shape index (κ1) is 33.3. The maximum Gasteiger partial charge on any atom is 0.282 e. The number of ether oxygens (including phenoxy) is 1. The number of likely N-dealkylation sites (tertiary alicyclic amines) is 1. The lowest BCUT2D eigenvalue weighted by Gasteiger charge is -2.46. The summed E-state index contributed by atoms with van der Waals surface area (Å²) in [6.07, 6.45) is 0.628. The van der Waals surface area contributed by atoms with Gasteiger partial charge < -0.3 is 14.5 Å². The number of hydrogen-bond acceptors (Lipinski definition) is 8. The Balaban J connectivity index is 1.44. The average Bonchev–Trinajstić information content (AvgIpc) is 3.40. The molecule has 48 heavy (non-hydrogen) atoms. The normalized spacial score (nSPS) is 25.9. The summed E-state index contributed by atoms with van der Waals surface area (Å²) >= 11 is 6.59. The van der Waals surface area contributed by atoms with E-state index in [2.05, 4.69) is 23.7 Å². The van der Waals surface area contributed by atoms with Crippen LogP contribution in [0, 0.1) is 28.6 Å². The van der Waals surface area contributed by atoms with E-state index in [1.54, 1.807) is 31.5 Å². The maximum atomic E-state index is 16.9. The highest BCUT2D eigenvalue weighted by atomic mass is 35.5. The van der Waals surface area contributed by atoms with Gasteiger partial charge in [0, 0.05) is 65.7 Å². The number of benzene rings is 2. The summed E-state index contributed by atoms with van der Waals surface area (Å²) < 4.78 is 51.3. The highest BCUT2D eigenvalue weighted by Gasteiger charge is 2.44. The summed E-state index contributed by atoms with van der Waals surface area (Å²) in [5.74, 6) is -3.34. The number of carbonyl (C=O) groups excluding carboxylic acids is 1. The molecule has 9 nitrogen and oxygen atoms in total. The second-order valence-corrected chi connectivity index (χ2v) is 12.7. The number of piperazine rings is 1. The van der Waals surface area contributed by atoms with Gasteiger partial charge in [-0.2, -0.15) is 10.5 Å². The van der Waals surface area contributed by atoms with Gasteiger partial charge in [-0.25, -0.2) is 18.2 Å². The minimum absolute atomic E-state index is 0.0577. The van der Waals surface area contributed by atoms with Gasteiger partial charge in [0.1, 0.15) is 24.5 Å². The van der Waals surface area contributed by atoms with Crippen LogP contribution >= 0.6 is 11.6 Å². The second kappa shape index (κ2) is 13.8. The van der Waals surface area contributed by atoms with Crippen molar-refractivity contribution in [2.75, 3.05) is 39.8 Å². The Morgan fingerprint density at radius 3 is 2.60 bits per heavy atom. The highest BCUT2D eigenvalue weighted by Crippen LogP contribution is 2.43. The van der Waals surface area contributed by atoms with Crippen LogP contribution in [0.2, 0.25) is 5.02 Å². The minimum atomic E-state index is -1.13. The lowest BCUT2D eigenvalue weighted by atomic mass is 9.84. The van der Waals surface area contributed by atoms with Crippen molar-refractivity contribution in [3.8, 4) is 12.1 Å². The maximum absolute atomic E-state index is 16.9. The molecule has 1 amide bonds. The van der Waals surface area contributed by atoms with Crippen LogP contribution in [-0.4, -0.2) is 96.9 Å². The molecule has 0 spiro atoms. The van der Waals surface area contributed by atoms with Gasteiger partial charge in [0.05, 0.1) is 36.9 Å². The number of dihydropyridines is 1. The standard InChI is InChI=1S/C35H33ClF3N7O2/c1-20(37)35(47)46-14-13-45(18-23(46)9-11-40)33-26(10-12-41)34(48-19-24-15-22(38)17-44(24)2)43-32-27(33)16-42-31(30(32)39)25-7-3-5-21-6-4-8-28(36)29(21)25/h3-8,16,22-24,27,32H,1,9-10,13-15,17-19H2,2H3/t22-,23+,24?,27?,32?/m1/s1. The molecule has 2 saturated heterocycles. The lowest BCUT2D eigenvalue weighted by molar-refractivity contribution is -0.133. The van der Waals surface area contributed by atoms with Crippen LogP contribution in [0.3, 0.4) is 0 Å². The number of alkyl halides is 1. The largest absolute Gasteiger partial charge is 0.476 e. The molecule has 0 aliphatic carbocycles. The first-order chi connectivity index (χ1) is 23.1. The third-order valence-corrected chi connectivity index (χ3v) is 9.70. The number of fused-ring (bicyclic) bond motifs is 2. The van der Waals surface area contributed by atoms with Crippen molar-refractivity contribution in [3.05, 3.63) is 76.5 Å². The van der Waals surface area contributed by atoms with Crippen LogP contribution in [0.4, 0.5) is 13.2 Å². The van der Waals surface area contributed by atoms with Crippen molar-refractivity contribution in [2.24, 2.45) is 15.9 Å². The predicted molar refractivity (Wildman–Crippen MR) is 177 cm³/mol. The Bertz CT molecular complexity index is 1860. The molecular weight excluding hydrogens is 643 g/mol. The number of rotatable bonds is 7. The third kappa shape index (κ3) is 6.18. The Morgan fingerprint density at radius 1 is 1.15 bits per heavy atom. The number of halogens is 4. The second-order valence-electron chi connectivity index (χ2n) is 12.3. The van der Waals surface area contributed by atoms with Crippen molar-refractivity contribution in [3.63, 3.8) is 0 Å². The van der Waals surface area contributed by atoms with Gasteiger partial charge >= 0.3 is 0 Å². The number of nitrogens with zero attached hydrogens (tertiary/aromatic N) is 7. The molecule has 13 heteroatoms. The average molecular weight is 676 g/mol. The van der Waals surface area contributed by atoms with E-state index in [0.29, 0.717) is 27.2 Å². The molecule has 2 fully saturated rings. The molecule has 4 aliphatic heterocycles. The summed E-state index contributed by atoms with van der Waals surface area (Å²) in [6, 6.07) is 13.0. The van der Waals surface area contributed by atoms with Crippen molar-refractivity contribution in [2.45, 2.75) is 43.6 Å². The molecule has 4 aliphatic rings. The number of aliphatic imine (C=N–C) groups is 2. The fourth-order valence-electron chi connectivity index (χ4n) is 7.09. The van der Waals surface area contributed by atoms with Crippen LogP contribution in [0.15, 0.2) is 75.9 Å². The molecule has 6 rings (SSSR count). The van der Waals surface area contributed by atoms with Crippen molar-refractivity contribution < 1.29 is 22.7 Å². The van der Waals surface area contributed by atoms with Gasteiger partial charge in [0.2, 0.25) is 5.90 Å². The summed E-state index contributed by atoms with van der Waals surface area (Å²) in [4.78, 5) is 27.0. The predicted octanol–water partition coefficient (Wildman–Crippen LogP) is 5.75. The van der Waals surface area contributed by atoms with Gasteiger partial charge in [-0.3, -0.25) is 14.7 Å². The Hall–Kier alpha value is -4.65. The quantitative estimate of drug-likeness (QED) is 0.346. The van der Waals surface area contributed by atoms with E-state index in [0.717, 1.165) is 5.39 Å². The van der Waals surface area contributed by atoms with Crippen molar-refractivity contribution in [1.82, 2.24) is 14.7 Å². The molecule has 0 N–H and O–H groups in total. The van der Waals surface area contributed by atoms with Crippen LogP contribution in [-0.2, 0) is 9.53 Å². The molecule has 248 valence electrons. The molecule has 0 radical (unpaired) electrons. The molecule has 0 saturated carbocycles. The number of carbonyl (C=O) groups is 1. The van der Waals surface area contributed by atoms with Gasteiger partial charge in [0.25, 0.3) is 5.91 Å². The zero-order valence-electron chi connectivity index (χ0n) is 26.3. The molecule has 4 heterocycles. The van der Waals surface area contributed by atoms with Gasteiger partial charge in [-0.05, 0) is 24.9 Å². The zero-order chi connectivity index (χ0) is 34.1. The fraction of sp³-hybridized carbons (Fsp3) is 0.400. The van der Waals surface area contributed by atoms with Crippen LogP contribution in [0.5, 0.6) is 0 Å². The SMILES string of the molecule is C=C(F)C(=O)N1CCN(C2=C(CC#N)C(OCC3C[C@@H](F)CN3C)=NC3C(F)=C(c4cccc5cccc(Cl)c45)N=CC23)C[C@@H]1CC#N. The van der Waals surface area contributed by atoms with E-state index < -0.39 is 41.7 Å². The molecule has 0 bridgehead atoms. The number of likely N-dealkylation sites (N-methyl/N-ethyl adjacent to an activating group) is 1. The molecule has 5 atom stereocenters. The van der Waals surface area contributed by atoms with Crippen LogP contribution in [0.1, 0.15) is 24.8 Å². The highest BCUT2D eigenvalue weighted by molar-refractivity contribution is 6.36. The first-order valence-electron chi connectivity index (χ1n) is 15.7. The van der Waals surface area contributed by atoms with E-state index in [-0.39, 0.29) is 69.7 Å². The number of hydrogen-bond donors (Lipinski definition) is 0. The molecule has 0 aromatic heterocycles. The van der Waals surface area contributed by atoms with E-state index in [9.17, 15) is 24.1 Å². The molecule has 2 aromatic carbocycles. The summed E-state index contributed by atoms with van der Waals surface area (Å²) in [6.45, 7) is 3.82. The third-order valence-electron chi connectivity index (χ3n) is 9.39. The fourth-order valence-corrected chi connectivity index (χ4v) is 7.37. The first-order valence-corrected chi connectivity index (χ1v) is 16.0. The smallest absolute Gasteiger partial charge is 0.282 e. The monoisotopic (exact) mass is 675 g/mol. The van der Waals surface area contributed by atoms with E-state index in [4.69, 9.17) is 21.3 Å². The van der Waals surface area contributed by atoms with E-state index in [1.165, 1.54) is 4.90 Å². The van der Waals surface area contributed by atoms with E-state index in [1.807, 2.05) is 28.0 Å². The summed E-state index contributed by atoms with van der Waals surface area (Å²) in [7, 11) is 1.80. The summed E-state index contributed by atoms with van der Waals surface area (Å²) in [5.41, 5.74) is 1.50. The van der Waals surface area contributed by atoms with E-state index >= 15 is 4.39 Å². The lowest BCUT2D eigenvalue weighted by Crippen LogP contribution is -2.56. The van der Waals surface area contributed by atoms with Crippen LogP contribution < -0.4 is 0 Å². The van der Waals surface area contributed by atoms with Crippen LogP contribution in [0.25, 0.3) is 16.5 Å². The van der Waals surface area contributed by atoms with Crippen molar-refractivity contribution in [1.29, 1.82) is 10.5 Å². The number of amides is 1. The van der Waals surface area contributed by atoms with Crippen molar-refractivity contribution >= 4 is 46.1 Å². The molecular formula is C35H33ClF3N7O2. The Kier molecular flexibility index (Phi) is 9.58. The Labute approximate surface area is 281 Å². The van der Waals surface area contributed by atoms with Gasteiger partial charge in [-0.1, -0.05) is 48.5 Å². The Morgan fingerprint density at radius 2 is 1.92 bits per heavy atom. The molecule has 3 unspecified atom stereocenters.